The monoisotopic (exact) mass is 283 g/mol. The molecule has 1 aromatic carbocycles. The molecule has 1 unspecified atom stereocenters. The van der Waals surface area contributed by atoms with Crippen molar-refractivity contribution in [2.45, 2.75) is 20.0 Å². The van der Waals surface area contributed by atoms with E-state index in [1.165, 1.54) is 0 Å². The highest BCUT2D eigenvalue weighted by Gasteiger charge is 2.25. The smallest absolute Gasteiger partial charge is 0.217 e. The standard InChI is InChI=1S/C12H14ClN3OS/c1-3-16-11(14-15-12(16)18)7-17-9-4-5-10(13)8(2)6-9/h4-6,11H,3,7H2,1-2H3. The molecule has 1 aliphatic heterocycles. The molecular weight excluding hydrogens is 270 g/mol. The Morgan fingerprint density at radius 3 is 2.94 bits per heavy atom. The predicted octanol–water partition coefficient (Wildman–Crippen LogP) is 3.43. The molecule has 1 aromatic rings. The van der Waals surface area contributed by atoms with Gasteiger partial charge >= 0.3 is 0 Å². The zero-order valence-corrected chi connectivity index (χ0v) is 11.8. The highest BCUT2D eigenvalue weighted by Crippen LogP contribution is 2.22. The fourth-order valence-electron chi connectivity index (χ4n) is 1.71. The minimum atomic E-state index is -0.126. The Kier molecular flexibility index (Phi) is 4.14. The van der Waals surface area contributed by atoms with Gasteiger partial charge in [-0.15, -0.1) is 5.11 Å². The van der Waals surface area contributed by atoms with Crippen molar-refractivity contribution in [2.24, 2.45) is 10.2 Å². The Labute approximate surface area is 117 Å². The van der Waals surface area contributed by atoms with Crippen LogP contribution in [0.25, 0.3) is 0 Å². The number of aryl methyl sites for hydroxylation is 1. The summed E-state index contributed by atoms with van der Waals surface area (Å²) in [5.41, 5.74) is 0.991. The molecule has 2 rings (SSSR count). The molecule has 6 heteroatoms. The van der Waals surface area contributed by atoms with Crippen LogP contribution in [-0.4, -0.2) is 29.3 Å². The minimum Gasteiger partial charge on any atom is -0.489 e. The molecule has 1 aliphatic rings. The van der Waals surface area contributed by atoms with Gasteiger partial charge in [-0.3, -0.25) is 0 Å². The van der Waals surface area contributed by atoms with Gasteiger partial charge in [-0.05, 0) is 49.8 Å². The third kappa shape index (κ3) is 2.79. The largest absolute Gasteiger partial charge is 0.489 e. The summed E-state index contributed by atoms with van der Waals surface area (Å²) in [5, 5.41) is 9.24. The average Bonchev–Trinajstić information content (AvgIpc) is 2.71. The average molecular weight is 284 g/mol. The topological polar surface area (TPSA) is 37.2 Å². The van der Waals surface area contributed by atoms with Gasteiger partial charge in [0.05, 0.1) is 0 Å². The lowest BCUT2D eigenvalue weighted by Gasteiger charge is -2.21. The Balaban J connectivity index is 1.97. The highest BCUT2D eigenvalue weighted by atomic mass is 35.5. The second-order valence-corrected chi connectivity index (χ2v) is 4.76. The number of benzene rings is 1. The molecule has 0 aromatic heterocycles. The van der Waals surface area contributed by atoms with Crippen LogP contribution >= 0.6 is 23.8 Å². The van der Waals surface area contributed by atoms with Gasteiger partial charge in [0.15, 0.2) is 6.17 Å². The van der Waals surface area contributed by atoms with Crippen LogP contribution in [0.2, 0.25) is 5.02 Å². The molecule has 0 amide bonds. The summed E-state index contributed by atoms with van der Waals surface area (Å²) in [6.45, 7) is 5.16. The first-order chi connectivity index (χ1) is 8.61. The van der Waals surface area contributed by atoms with E-state index < -0.39 is 0 Å². The van der Waals surface area contributed by atoms with Gasteiger partial charge in [0, 0.05) is 11.6 Å². The number of hydrogen-bond acceptors (Lipinski definition) is 3. The van der Waals surface area contributed by atoms with Gasteiger partial charge in [0.1, 0.15) is 12.4 Å². The maximum Gasteiger partial charge on any atom is 0.217 e. The van der Waals surface area contributed by atoms with Crippen LogP contribution < -0.4 is 4.74 Å². The number of ether oxygens (including phenoxy) is 1. The Morgan fingerprint density at radius 1 is 1.50 bits per heavy atom. The van der Waals surface area contributed by atoms with Crippen molar-refractivity contribution in [1.82, 2.24) is 4.90 Å². The molecule has 1 atom stereocenters. The summed E-state index contributed by atoms with van der Waals surface area (Å²) < 4.78 is 5.69. The van der Waals surface area contributed by atoms with E-state index in [1.54, 1.807) is 0 Å². The van der Waals surface area contributed by atoms with E-state index in [9.17, 15) is 0 Å². The molecule has 0 fully saturated rings. The second kappa shape index (κ2) is 5.63. The number of azo groups is 1. The summed E-state index contributed by atoms with van der Waals surface area (Å²) >= 11 is 11.0. The maximum absolute atomic E-state index is 5.96. The van der Waals surface area contributed by atoms with Crippen LogP contribution in [0.1, 0.15) is 12.5 Å². The number of thiocarbonyl (C=S) groups is 1. The van der Waals surface area contributed by atoms with Crippen molar-refractivity contribution in [3.05, 3.63) is 28.8 Å². The van der Waals surface area contributed by atoms with Crippen molar-refractivity contribution in [3.63, 3.8) is 0 Å². The van der Waals surface area contributed by atoms with E-state index in [1.807, 2.05) is 36.9 Å². The van der Waals surface area contributed by atoms with Gasteiger partial charge in [-0.2, -0.15) is 5.11 Å². The highest BCUT2D eigenvalue weighted by molar-refractivity contribution is 7.80. The van der Waals surface area contributed by atoms with Crippen LogP contribution in [0.3, 0.4) is 0 Å². The van der Waals surface area contributed by atoms with Crippen LogP contribution in [0.15, 0.2) is 28.4 Å². The fraction of sp³-hybridized carbons (Fsp3) is 0.417. The lowest BCUT2D eigenvalue weighted by molar-refractivity contribution is 0.215. The van der Waals surface area contributed by atoms with Gasteiger partial charge in [-0.1, -0.05) is 11.6 Å². The van der Waals surface area contributed by atoms with Crippen molar-refractivity contribution in [3.8, 4) is 5.75 Å². The molecule has 0 bridgehead atoms. The first-order valence-electron chi connectivity index (χ1n) is 5.72. The number of nitrogens with zero attached hydrogens (tertiary/aromatic N) is 3. The van der Waals surface area contributed by atoms with E-state index >= 15 is 0 Å². The van der Waals surface area contributed by atoms with Crippen molar-refractivity contribution in [1.29, 1.82) is 0 Å². The quantitative estimate of drug-likeness (QED) is 0.795. The van der Waals surface area contributed by atoms with E-state index in [-0.39, 0.29) is 6.17 Å². The van der Waals surface area contributed by atoms with Crippen LogP contribution in [0, 0.1) is 6.92 Å². The first-order valence-corrected chi connectivity index (χ1v) is 6.51. The molecule has 0 radical (unpaired) electrons. The van der Waals surface area contributed by atoms with Crippen molar-refractivity contribution < 1.29 is 4.74 Å². The number of halogens is 1. The van der Waals surface area contributed by atoms with Gasteiger partial charge in [0.25, 0.3) is 0 Å². The third-order valence-electron chi connectivity index (χ3n) is 2.75. The summed E-state index contributed by atoms with van der Waals surface area (Å²) in [5.74, 6) is 0.779. The van der Waals surface area contributed by atoms with Crippen LogP contribution in [0.4, 0.5) is 0 Å². The zero-order chi connectivity index (χ0) is 13.1. The normalized spacial score (nSPS) is 18.5. The lowest BCUT2D eigenvalue weighted by atomic mass is 10.2. The summed E-state index contributed by atoms with van der Waals surface area (Å²) in [7, 11) is 0. The summed E-state index contributed by atoms with van der Waals surface area (Å²) in [6, 6.07) is 5.57. The van der Waals surface area contributed by atoms with Crippen molar-refractivity contribution in [2.75, 3.05) is 13.2 Å². The molecule has 1 heterocycles. The molecule has 18 heavy (non-hydrogen) atoms. The SMILES string of the molecule is CCN1C(=S)N=NC1COc1ccc(Cl)c(C)c1. The molecular formula is C12H14ClN3OS. The third-order valence-corrected chi connectivity index (χ3v) is 3.49. The summed E-state index contributed by atoms with van der Waals surface area (Å²) in [6.07, 6.45) is -0.126. The summed E-state index contributed by atoms with van der Waals surface area (Å²) in [4.78, 5) is 1.93. The number of likely N-dealkylation sites (N-methyl/N-ethyl adjacent to an activating group) is 1. The lowest BCUT2D eigenvalue weighted by Crippen LogP contribution is -2.36. The number of rotatable bonds is 4. The van der Waals surface area contributed by atoms with Crippen molar-refractivity contribution >= 4 is 28.9 Å². The fourth-order valence-corrected chi connectivity index (χ4v) is 2.13. The Morgan fingerprint density at radius 2 is 2.28 bits per heavy atom. The Bertz CT molecular complexity index is 492. The van der Waals surface area contributed by atoms with Gasteiger partial charge in [0.2, 0.25) is 5.11 Å². The molecule has 0 spiro atoms. The van der Waals surface area contributed by atoms with Crippen LogP contribution in [-0.2, 0) is 0 Å². The molecule has 0 saturated carbocycles. The number of hydrogen-bond donors (Lipinski definition) is 0. The minimum absolute atomic E-state index is 0.126. The molecule has 0 aliphatic carbocycles. The predicted molar refractivity (Wildman–Crippen MR) is 75.3 cm³/mol. The molecule has 4 nitrogen and oxygen atoms in total. The first kappa shape index (κ1) is 13.2. The van der Waals surface area contributed by atoms with Gasteiger partial charge < -0.3 is 9.64 Å². The van der Waals surface area contributed by atoms with E-state index in [0.717, 1.165) is 22.9 Å². The maximum atomic E-state index is 5.96. The van der Waals surface area contributed by atoms with Crippen LogP contribution in [0.5, 0.6) is 5.75 Å². The second-order valence-electron chi connectivity index (χ2n) is 3.99. The molecule has 96 valence electrons. The van der Waals surface area contributed by atoms with E-state index in [4.69, 9.17) is 28.6 Å². The molecule has 0 N–H and O–H groups in total. The van der Waals surface area contributed by atoms with Gasteiger partial charge in [-0.25, -0.2) is 0 Å². The Hall–Kier alpha value is -1.20. The zero-order valence-electron chi connectivity index (χ0n) is 10.3. The van der Waals surface area contributed by atoms with E-state index in [2.05, 4.69) is 10.2 Å². The molecule has 0 saturated heterocycles. The van der Waals surface area contributed by atoms with E-state index in [0.29, 0.717) is 11.7 Å².